The number of rotatable bonds is 8. The summed E-state index contributed by atoms with van der Waals surface area (Å²) >= 11 is 1.38. The molecule has 3 rings (SSSR count). The molecule has 0 saturated carbocycles. The second kappa shape index (κ2) is 9.05. The average Bonchev–Trinajstić information content (AvgIpc) is 3.26. The van der Waals surface area contributed by atoms with E-state index in [4.69, 9.17) is 9.47 Å². The first kappa shape index (κ1) is 18.7. The Balaban J connectivity index is 1.58. The van der Waals surface area contributed by atoms with E-state index < -0.39 is 0 Å². The smallest absolute Gasteiger partial charge is 0.234 e. The Bertz CT molecular complexity index is 744. The number of nitrogens with zero attached hydrogens (tertiary/aromatic N) is 3. The zero-order valence-electron chi connectivity index (χ0n) is 15.1. The predicted molar refractivity (Wildman–Crippen MR) is 101 cm³/mol. The number of benzene rings is 1. The van der Waals surface area contributed by atoms with Crippen molar-refractivity contribution in [1.29, 1.82) is 0 Å². The fourth-order valence-electron chi connectivity index (χ4n) is 2.84. The summed E-state index contributed by atoms with van der Waals surface area (Å²) < 4.78 is 13.3. The third-order valence-electron chi connectivity index (χ3n) is 4.11. The van der Waals surface area contributed by atoms with Gasteiger partial charge in [0.25, 0.3) is 0 Å². The first-order valence-corrected chi connectivity index (χ1v) is 9.81. The molecule has 1 aliphatic rings. The first-order valence-electron chi connectivity index (χ1n) is 8.83. The molecule has 1 atom stereocenters. The number of carbonyl (C=O) groups excluding carboxylic acids is 1. The largest absolute Gasteiger partial charge is 0.492 e. The van der Waals surface area contributed by atoms with Gasteiger partial charge < -0.3 is 19.4 Å². The van der Waals surface area contributed by atoms with Gasteiger partial charge in [-0.2, -0.15) is 0 Å². The molecule has 8 heteroatoms. The minimum absolute atomic E-state index is 0.105. The summed E-state index contributed by atoms with van der Waals surface area (Å²) in [6.07, 6.45) is 2.35. The molecule has 1 saturated heterocycles. The van der Waals surface area contributed by atoms with Crippen molar-refractivity contribution in [3.05, 3.63) is 30.1 Å². The number of ether oxygens (including phenoxy) is 2. The summed E-state index contributed by atoms with van der Waals surface area (Å²) in [5, 5.41) is 12.0. The number of thioether (sulfide) groups is 1. The maximum atomic E-state index is 12.3. The van der Waals surface area contributed by atoms with Crippen LogP contribution in [-0.4, -0.2) is 45.7 Å². The lowest BCUT2D eigenvalue weighted by molar-refractivity contribution is -0.113. The van der Waals surface area contributed by atoms with E-state index in [0.717, 1.165) is 37.0 Å². The number of para-hydroxylation sites is 2. The second-order valence-electron chi connectivity index (χ2n) is 6.04. The Labute approximate surface area is 157 Å². The van der Waals surface area contributed by atoms with Gasteiger partial charge in [-0.25, -0.2) is 0 Å². The molecule has 0 spiro atoms. The van der Waals surface area contributed by atoms with E-state index in [9.17, 15) is 4.79 Å². The fraction of sp³-hybridized carbons (Fsp3) is 0.500. The van der Waals surface area contributed by atoms with Crippen LogP contribution >= 0.6 is 11.8 Å². The van der Waals surface area contributed by atoms with Crippen molar-refractivity contribution in [1.82, 2.24) is 14.8 Å². The highest BCUT2D eigenvalue weighted by Gasteiger charge is 2.20. The van der Waals surface area contributed by atoms with Gasteiger partial charge in [0.05, 0.1) is 30.7 Å². The number of nitrogens with one attached hydrogen (secondary N) is 1. The van der Waals surface area contributed by atoms with Crippen LogP contribution in [0.3, 0.4) is 0 Å². The lowest BCUT2D eigenvalue weighted by atomic mass is 10.2. The molecule has 1 amide bonds. The summed E-state index contributed by atoms with van der Waals surface area (Å²) in [5.74, 6) is 1.66. The van der Waals surface area contributed by atoms with Gasteiger partial charge in [0.1, 0.15) is 11.6 Å². The highest BCUT2D eigenvalue weighted by Crippen LogP contribution is 2.25. The van der Waals surface area contributed by atoms with E-state index in [1.54, 1.807) is 0 Å². The summed E-state index contributed by atoms with van der Waals surface area (Å²) in [4.78, 5) is 12.3. The predicted octanol–water partition coefficient (Wildman–Crippen LogP) is 2.90. The number of hydrogen-bond donors (Lipinski definition) is 1. The van der Waals surface area contributed by atoms with E-state index in [2.05, 4.69) is 15.5 Å². The zero-order valence-corrected chi connectivity index (χ0v) is 15.9. The minimum Gasteiger partial charge on any atom is -0.492 e. The van der Waals surface area contributed by atoms with Crippen LogP contribution in [0.15, 0.2) is 29.4 Å². The molecule has 2 heterocycles. The number of hydrogen-bond acceptors (Lipinski definition) is 6. The van der Waals surface area contributed by atoms with Crippen molar-refractivity contribution in [2.75, 3.05) is 24.3 Å². The lowest BCUT2D eigenvalue weighted by Crippen LogP contribution is -2.18. The van der Waals surface area contributed by atoms with Gasteiger partial charge in [-0.05, 0) is 38.8 Å². The van der Waals surface area contributed by atoms with Crippen molar-refractivity contribution >= 4 is 23.4 Å². The maximum Gasteiger partial charge on any atom is 0.234 e. The third kappa shape index (κ3) is 4.76. The molecule has 0 bridgehead atoms. The molecule has 1 aromatic carbocycles. The van der Waals surface area contributed by atoms with Crippen molar-refractivity contribution in [2.24, 2.45) is 0 Å². The molecule has 1 N–H and O–H groups in total. The monoisotopic (exact) mass is 376 g/mol. The highest BCUT2D eigenvalue weighted by atomic mass is 32.2. The molecule has 0 aliphatic carbocycles. The highest BCUT2D eigenvalue weighted by molar-refractivity contribution is 7.99. The summed E-state index contributed by atoms with van der Waals surface area (Å²) in [7, 11) is 0. The standard InChI is InChI=1S/C18H24N4O3S/c1-3-24-16-9-5-4-8-15(16)19-17(23)12-26-18-21-20-13(2)22(18)11-14-7-6-10-25-14/h4-5,8-9,14H,3,6-7,10-12H2,1-2H3,(H,19,23)/t14-/m1/s1. The normalized spacial score (nSPS) is 16.6. The lowest BCUT2D eigenvalue weighted by Gasteiger charge is -2.13. The molecule has 140 valence electrons. The van der Waals surface area contributed by atoms with E-state index >= 15 is 0 Å². The van der Waals surface area contributed by atoms with Crippen LogP contribution in [0.5, 0.6) is 5.75 Å². The summed E-state index contributed by atoms with van der Waals surface area (Å²) in [5.41, 5.74) is 0.678. The summed E-state index contributed by atoms with van der Waals surface area (Å²) in [6, 6.07) is 7.42. The van der Waals surface area contributed by atoms with Gasteiger partial charge in [-0.15, -0.1) is 10.2 Å². The molecule has 26 heavy (non-hydrogen) atoms. The Morgan fingerprint density at radius 1 is 1.42 bits per heavy atom. The second-order valence-corrected chi connectivity index (χ2v) is 6.98. The maximum absolute atomic E-state index is 12.3. The molecule has 0 radical (unpaired) electrons. The van der Waals surface area contributed by atoms with Gasteiger partial charge in [0.2, 0.25) is 5.91 Å². The number of amides is 1. The Hall–Kier alpha value is -2.06. The van der Waals surface area contributed by atoms with Crippen molar-refractivity contribution < 1.29 is 14.3 Å². The van der Waals surface area contributed by atoms with E-state index in [-0.39, 0.29) is 17.8 Å². The molecule has 1 aromatic heterocycles. The van der Waals surface area contributed by atoms with Gasteiger partial charge in [0.15, 0.2) is 5.16 Å². The number of anilines is 1. The Morgan fingerprint density at radius 2 is 2.27 bits per heavy atom. The van der Waals surface area contributed by atoms with E-state index in [0.29, 0.717) is 18.0 Å². The quantitative estimate of drug-likeness (QED) is 0.714. The SMILES string of the molecule is CCOc1ccccc1NC(=O)CSc1nnc(C)n1C[C@H]1CCCO1. The molecule has 1 aliphatic heterocycles. The van der Waals surface area contributed by atoms with Crippen LogP contribution in [0.4, 0.5) is 5.69 Å². The minimum atomic E-state index is -0.105. The first-order chi connectivity index (χ1) is 12.7. The van der Waals surface area contributed by atoms with Crippen LogP contribution in [-0.2, 0) is 16.1 Å². The van der Waals surface area contributed by atoms with Gasteiger partial charge in [-0.3, -0.25) is 4.79 Å². The molecular formula is C18H24N4O3S. The number of aromatic nitrogens is 3. The van der Waals surface area contributed by atoms with Gasteiger partial charge >= 0.3 is 0 Å². The van der Waals surface area contributed by atoms with E-state index in [1.165, 1.54) is 11.8 Å². The van der Waals surface area contributed by atoms with Gasteiger partial charge in [0, 0.05) is 6.61 Å². The third-order valence-corrected chi connectivity index (χ3v) is 5.07. The summed E-state index contributed by atoms with van der Waals surface area (Å²) in [6.45, 7) is 5.93. The Kier molecular flexibility index (Phi) is 6.51. The molecular weight excluding hydrogens is 352 g/mol. The van der Waals surface area contributed by atoms with Gasteiger partial charge in [-0.1, -0.05) is 23.9 Å². The van der Waals surface area contributed by atoms with Crippen LogP contribution in [0.25, 0.3) is 0 Å². The molecule has 1 fully saturated rings. The molecule has 2 aromatic rings. The van der Waals surface area contributed by atoms with Crippen molar-refractivity contribution in [2.45, 2.75) is 44.5 Å². The van der Waals surface area contributed by atoms with Crippen LogP contribution in [0, 0.1) is 6.92 Å². The van der Waals surface area contributed by atoms with Crippen LogP contribution < -0.4 is 10.1 Å². The van der Waals surface area contributed by atoms with Crippen molar-refractivity contribution in [3.8, 4) is 5.75 Å². The van der Waals surface area contributed by atoms with Crippen molar-refractivity contribution in [3.63, 3.8) is 0 Å². The molecule has 0 unspecified atom stereocenters. The average molecular weight is 376 g/mol. The molecule has 7 nitrogen and oxygen atoms in total. The number of aryl methyl sites for hydroxylation is 1. The van der Waals surface area contributed by atoms with Crippen LogP contribution in [0.2, 0.25) is 0 Å². The fourth-order valence-corrected chi connectivity index (χ4v) is 3.63. The van der Waals surface area contributed by atoms with E-state index in [1.807, 2.05) is 42.7 Å². The zero-order chi connectivity index (χ0) is 18.4. The number of carbonyl (C=O) groups is 1. The Morgan fingerprint density at radius 3 is 3.04 bits per heavy atom. The van der Waals surface area contributed by atoms with Crippen LogP contribution in [0.1, 0.15) is 25.6 Å². The topological polar surface area (TPSA) is 78.3 Å².